The van der Waals surface area contributed by atoms with Crippen molar-refractivity contribution in [2.45, 2.75) is 25.0 Å². The summed E-state index contributed by atoms with van der Waals surface area (Å²) in [4.78, 5) is 0. The van der Waals surface area contributed by atoms with Crippen LogP contribution in [0.25, 0.3) is 0 Å². The fraction of sp³-hybridized carbons (Fsp3) is 0.182. The molecule has 0 N–H and O–H groups in total. The molecule has 0 radical (unpaired) electrons. The topological polar surface area (TPSA) is 0 Å². The summed E-state index contributed by atoms with van der Waals surface area (Å²) >= 11 is -2.60. The van der Waals surface area contributed by atoms with E-state index in [1.807, 2.05) is 0 Å². The third kappa shape index (κ3) is 3.28. The molecule has 0 heterocycles. The van der Waals surface area contributed by atoms with E-state index in [1.165, 1.54) is 18.1 Å². The van der Waals surface area contributed by atoms with Crippen LogP contribution in [0.1, 0.15) is 19.8 Å². The summed E-state index contributed by atoms with van der Waals surface area (Å²) in [5.74, 6) is 0. The molecule has 23 heavy (non-hydrogen) atoms. The molecule has 0 bridgehead atoms. The molecular weight excluding hydrogens is 337 g/mol. The van der Waals surface area contributed by atoms with Gasteiger partial charge in [-0.15, -0.1) is 0 Å². The zero-order valence-electron chi connectivity index (χ0n) is 13.8. The maximum absolute atomic E-state index is 2.60. The summed E-state index contributed by atoms with van der Waals surface area (Å²) in [6.07, 6.45) is 2.54. The monoisotopic (exact) mass is 362 g/mol. The van der Waals surface area contributed by atoms with Gasteiger partial charge in [-0.1, -0.05) is 0 Å². The first-order chi connectivity index (χ1) is 11.4. The third-order valence-corrected chi connectivity index (χ3v) is 15.3. The third-order valence-electron chi connectivity index (χ3n) is 4.71. The molecule has 0 spiro atoms. The van der Waals surface area contributed by atoms with Gasteiger partial charge in [0, 0.05) is 0 Å². The van der Waals surface area contributed by atoms with Crippen molar-refractivity contribution in [1.29, 1.82) is 0 Å². The predicted octanol–water partition coefficient (Wildman–Crippen LogP) is 3.96. The molecule has 0 nitrogen and oxygen atoms in total. The second-order valence-electron chi connectivity index (χ2n) is 6.11. The van der Waals surface area contributed by atoms with Crippen LogP contribution in [0.4, 0.5) is 0 Å². The zero-order valence-corrected chi connectivity index (χ0v) is 15.9. The molecule has 0 fully saturated rings. The maximum atomic E-state index is 2.36. The van der Waals surface area contributed by atoms with Crippen molar-refractivity contribution in [1.82, 2.24) is 0 Å². The van der Waals surface area contributed by atoms with Crippen LogP contribution in [0.15, 0.2) is 91.0 Å². The van der Waals surface area contributed by atoms with Crippen molar-refractivity contribution < 1.29 is 0 Å². The van der Waals surface area contributed by atoms with Crippen molar-refractivity contribution in [3.63, 3.8) is 0 Å². The van der Waals surface area contributed by atoms with Gasteiger partial charge in [-0.05, 0) is 0 Å². The Bertz CT molecular complexity index is 608. The summed E-state index contributed by atoms with van der Waals surface area (Å²) < 4.78 is 4.70. The van der Waals surface area contributed by atoms with E-state index >= 15 is 0 Å². The van der Waals surface area contributed by atoms with Gasteiger partial charge in [0.05, 0.1) is 0 Å². The van der Waals surface area contributed by atoms with E-state index in [2.05, 4.69) is 97.9 Å². The minimum absolute atomic E-state index is 1.25. The number of hydrogen-bond acceptors (Lipinski definition) is 0. The molecule has 3 aromatic rings. The molecule has 0 aliphatic rings. The van der Waals surface area contributed by atoms with E-state index in [9.17, 15) is 0 Å². The van der Waals surface area contributed by atoms with E-state index in [1.54, 1.807) is 13.2 Å². The summed E-state index contributed by atoms with van der Waals surface area (Å²) in [7, 11) is 0. The molecule has 0 aliphatic carbocycles. The minimum atomic E-state index is -2.60. The van der Waals surface area contributed by atoms with E-state index in [0.29, 0.717) is 0 Å². The fourth-order valence-electron chi connectivity index (χ4n) is 3.54. The van der Waals surface area contributed by atoms with Crippen molar-refractivity contribution in [3.05, 3.63) is 91.0 Å². The molecule has 0 saturated heterocycles. The van der Waals surface area contributed by atoms with E-state index in [0.717, 1.165) is 0 Å². The standard InChI is InChI=1S/C22H24Ge/c1-2-3-19-23(20-13-7-4-8-14-20,21-15-9-5-10-16-21)22-17-11-6-12-18-22/h4-18H,2-3,19H2,1H3. The Kier molecular flexibility index (Phi) is 5.35. The van der Waals surface area contributed by atoms with Gasteiger partial charge in [0.15, 0.2) is 0 Å². The van der Waals surface area contributed by atoms with Crippen molar-refractivity contribution in [2.24, 2.45) is 0 Å². The van der Waals surface area contributed by atoms with Gasteiger partial charge in [-0.2, -0.15) is 0 Å². The van der Waals surface area contributed by atoms with Gasteiger partial charge in [0.1, 0.15) is 0 Å². The van der Waals surface area contributed by atoms with Gasteiger partial charge in [-0.25, -0.2) is 0 Å². The Morgan fingerprint density at radius 1 is 0.565 bits per heavy atom. The summed E-state index contributed by atoms with van der Waals surface area (Å²) in [6.45, 7) is 2.30. The molecule has 0 aromatic heterocycles. The zero-order chi connectivity index (χ0) is 16.0. The summed E-state index contributed by atoms with van der Waals surface area (Å²) in [6, 6.07) is 33.7. The molecule has 3 rings (SSSR count). The van der Waals surface area contributed by atoms with Crippen LogP contribution in [-0.4, -0.2) is 13.3 Å². The Balaban J connectivity index is 2.25. The van der Waals surface area contributed by atoms with Crippen LogP contribution >= 0.6 is 0 Å². The average Bonchev–Trinajstić information content (AvgIpc) is 2.65. The van der Waals surface area contributed by atoms with Gasteiger partial charge in [-0.3, -0.25) is 0 Å². The SMILES string of the molecule is CCC[CH2][Ge]([c]1ccccc1)([c]1ccccc1)[c]1ccccc1. The van der Waals surface area contributed by atoms with Gasteiger partial charge in [0.2, 0.25) is 0 Å². The quantitative estimate of drug-likeness (QED) is 0.584. The number of benzene rings is 3. The number of hydrogen-bond donors (Lipinski definition) is 0. The Morgan fingerprint density at radius 3 is 1.22 bits per heavy atom. The van der Waals surface area contributed by atoms with Crippen LogP contribution in [-0.2, 0) is 0 Å². The van der Waals surface area contributed by atoms with Crippen molar-refractivity contribution >= 4 is 26.5 Å². The van der Waals surface area contributed by atoms with Crippen LogP contribution in [0.2, 0.25) is 5.25 Å². The molecule has 3 aromatic carbocycles. The van der Waals surface area contributed by atoms with E-state index in [-0.39, 0.29) is 0 Å². The second kappa shape index (κ2) is 7.65. The van der Waals surface area contributed by atoms with Gasteiger partial charge in [0.25, 0.3) is 0 Å². The Hall–Kier alpha value is -1.80. The molecular formula is C22H24Ge. The summed E-state index contributed by atoms with van der Waals surface area (Å²) in [5.41, 5.74) is 0. The first kappa shape index (κ1) is 16.1. The first-order valence-electron chi connectivity index (χ1n) is 8.54. The van der Waals surface area contributed by atoms with Crippen LogP contribution in [0.5, 0.6) is 0 Å². The Morgan fingerprint density at radius 2 is 0.913 bits per heavy atom. The molecule has 1 heteroatoms. The number of rotatable bonds is 6. The molecule has 0 unspecified atom stereocenters. The molecule has 0 saturated carbocycles. The number of unbranched alkanes of at least 4 members (excludes halogenated alkanes) is 1. The van der Waals surface area contributed by atoms with Gasteiger partial charge < -0.3 is 0 Å². The molecule has 0 aliphatic heterocycles. The average molecular weight is 361 g/mol. The predicted molar refractivity (Wildman–Crippen MR) is 104 cm³/mol. The molecule has 116 valence electrons. The first-order valence-corrected chi connectivity index (χ1v) is 13.2. The Labute approximate surface area is 142 Å². The molecule has 0 amide bonds. The van der Waals surface area contributed by atoms with Crippen molar-refractivity contribution in [2.75, 3.05) is 0 Å². The van der Waals surface area contributed by atoms with Crippen LogP contribution in [0, 0.1) is 0 Å². The normalized spacial score (nSPS) is 11.3. The van der Waals surface area contributed by atoms with Gasteiger partial charge >= 0.3 is 142 Å². The van der Waals surface area contributed by atoms with Crippen LogP contribution in [0.3, 0.4) is 0 Å². The van der Waals surface area contributed by atoms with Crippen LogP contribution < -0.4 is 13.2 Å². The van der Waals surface area contributed by atoms with Crippen molar-refractivity contribution in [3.8, 4) is 0 Å². The van der Waals surface area contributed by atoms with E-state index in [4.69, 9.17) is 0 Å². The molecule has 0 atom stereocenters. The fourth-order valence-corrected chi connectivity index (χ4v) is 14.1. The van der Waals surface area contributed by atoms with E-state index < -0.39 is 13.3 Å². The second-order valence-corrected chi connectivity index (χ2v) is 14.6. The summed E-state index contributed by atoms with van der Waals surface area (Å²) in [5, 5.41) is 1.31.